The molecule has 1 aliphatic carbocycles. The van der Waals surface area contributed by atoms with Gasteiger partial charge in [-0.3, -0.25) is 9.69 Å². The number of fused-ring (bicyclic) bond motifs is 1. The molecule has 3 N–H and O–H groups in total. The minimum absolute atomic E-state index is 0.0572. The maximum absolute atomic E-state index is 12.9. The predicted molar refractivity (Wildman–Crippen MR) is 129 cm³/mol. The number of nitrogens with two attached hydrogens (primary N) is 1. The largest absolute Gasteiger partial charge is 0.351 e. The average Bonchev–Trinajstić information content (AvgIpc) is 3.23. The zero-order valence-corrected chi connectivity index (χ0v) is 19.5. The Balaban J connectivity index is 1.45. The van der Waals surface area contributed by atoms with Crippen molar-refractivity contribution in [3.8, 4) is 0 Å². The van der Waals surface area contributed by atoms with Gasteiger partial charge in [-0.05, 0) is 54.2 Å². The second kappa shape index (κ2) is 9.87. The zero-order valence-electron chi connectivity index (χ0n) is 18.7. The van der Waals surface area contributed by atoms with Gasteiger partial charge in [0.2, 0.25) is 15.9 Å². The lowest BCUT2D eigenvalue weighted by Crippen LogP contribution is -2.38. The monoisotopic (exact) mass is 463 g/mol. The second-order valence-electron chi connectivity index (χ2n) is 8.61. The van der Waals surface area contributed by atoms with Crippen LogP contribution in [0.2, 0.25) is 0 Å². The van der Waals surface area contributed by atoms with Crippen LogP contribution in [0.25, 0.3) is 0 Å². The van der Waals surface area contributed by atoms with Gasteiger partial charge in [0.05, 0.1) is 11.4 Å². The van der Waals surface area contributed by atoms with Crippen molar-refractivity contribution in [1.82, 2.24) is 10.2 Å². The molecule has 33 heavy (non-hydrogen) atoms. The first-order valence-corrected chi connectivity index (χ1v) is 12.6. The van der Waals surface area contributed by atoms with Crippen molar-refractivity contribution in [3.05, 3.63) is 101 Å². The highest BCUT2D eigenvalue weighted by molar-refractivity contribution is 7.89. The molecule has 0 saturated heterocycles. The fourth-order valence-electron chi connectivity index (χ4n) is 4.36. The molecular weight excluding hydrogens is 434 g/mol. The number of rotatable bonds is 8. The maximum atomic E-state index is 12.9. The molecule has 3 aromatic rings. The van der Waals surface area contributed by atoms with Crippen LogP contribution < -0.4 is 10.5 Å². The minimum atomic E-state index is -3.73. The molecule has 0 spiro atoms. The van der Waals surface area contributed by atoms with Gasteiger partial charge in [-0.15, -0.1) is 0 Å². The first-order chi connectivity index (χ1) is 15.8. The Kier molecular flexibility index (Phi) is 6.93. The summed E-state index contributed by atoms with van der Waals surface area (Å²) in [7, 11) is -3.73. The molecule has 3 aromatic carbocycles. The number of amides is 1. The first-order valence-electron chi connectivity index (χ1n) is 11.1. The molecule has 7 heteroatoms. The van der Waals surface area contributed by atoms with Crippen LogP contribution in [0.15, 0.2) is 77.7 Å². The van der Waals surface area contributed by atoms with Gasteiger partial charge in [-0.25, -0.2) is 13.6 Å². The Hall–Kier alpha value is -3.00. The van der Waals surface area contributed by atoms with Crippen LogP contribution in [0, 0.1) is 6.92 Å². The van der Waals surface area contributed by atoms with Crippen LogP contribution >= 0.6 is 0 Å². The number of benzene rings is 3. The molecular formula is C26H29N3O3S. The summed E-state index contributed by atoms with van der Waals surface area (Å²) < 4.78 is 22.8. The van der Waals surface area contributed by atoms with Crippen molar-refractivity contribution in [3.63, 3.8) is 0 Å². The molecule has 0 heterocycles. The fourth-order valence-corrected chi connectivity index (χ4v) is 4.87. The normalized spacial score (nSPS) is 15.4. The zero-order chi connectivity index (χ0) is 23.4. The summed E-state index contributed by atoms with van der Waals surface area (Å²) in [6.45, 7) is 3.36. The molecule has 0 aromatic heterocycles. The molecule has 1 unspecified atom stereocenters. The molecule has 0 radical (unpaired) electrons. The Morgan fingerprint density at radius 2 is 1.67 bits per heavy atom. The third-order valence-corrected chi connectivity index (χ3v) is 7.07. The van der Waals surface area contributed by atoms with Gasteiger partial charge in [0, 0.05) is 19.1 Å². The molecule has 0 fully saturated rings. The molecule has 172 valence electrons. The van der Waals surface area contributed by atoms with Crippen molar-refractivity contribution in [2.75, 3.05) is 6.54 Å². The fraction of sp³-hybridized carbons (Fsp3) is 0.269. The van der Waals surface area contributed by atoms with E-state index in [0.29, 0.717) is 13.1 Å². The minimum Gasteiger partial charge on any atom is -0.351 e. The van der Waals surface area contributed by atoms with E-state index in [1.54, 1.807) is 12.1 Å². The van der Waals surface area contributed by atoms with E-state index in [-0.39, 0.29) is 23.4 Å². The lowest BCUT2D eigenvalue weighted by atomic mass is 10.1. The van der Waals surface area contributed by atoms with E-state index in [0.717, 1.165) is 18.4 Å². The van der Waals surface area contributed by atoms with E-state index < -0.39 is 10.0 Å². The highest BCUT2D eigenvalue weighted by Crippen LogP contribution is 2.36. The summed E-state index contributed by atoms with van der Waals surface area (Å²) in [6.07, 6.45) is 2.01. The summed E-state index contributed by atoms with van der Waals surface area (Å²) in [4.78, 5) is 15.2. The number of sulfonamides is 1. The molecule has 0 aliphatic heterocycles. The van der Waals surface area contributed by atoms with Gasteiger partial charge >= 0.3 is 0 Å². The Labute approximate surface area is 195 Å². The van der Waals surface area contributed by atoms with Gasteiger partial charge in [0.25, 0.3) is 0 Å². The number of primary sulfonamides is 1. The van der Waals surface area contributed by atoms with Gasteiger partial charge in [0.15, 0.2) is 0 Å². The van der Waals surface area contributed by atoms with E-state index >= 15 is 0 Å². The lowest BCUT2D eigenvalue weighted by Gasteiger charge is -2.29. The molecule has 0 saturated carbocycles. The van der Waals surface area contributed by atoms with Gasteiger partial charge in [0.1, 0.15) is 0 Å². The summed E-state index contributed by atoms with van der Waals surface area (Å²) >= 11 is 0. The maximum Gasteiger partial charge on any atom is 0.238 e. The smallest absolute Gasteiger partial charge is 0.238 e. The van der Waals surface area contributed by atoms with Crippen LogP contribution in [0.3, 0.4) is 0 Å². The van der Waals surface area contributed by atoms with Crippen LogP contribution in [-0.2, 0) is 34.3 Å². The predicted octanol–water partition coefficient (Wildman–Crippen LogP) is 3.45. The Bertz CT molecular complexity index is 1220. The van der Waals surface area contributed by atoms with E-state index in [1.165, 1.54) is 34.4 Å². The molecule has 1 aliphatic rings. The first kappa shape index (κ1) is 23.2. The molecule has 1 amide bonds. The van der Waals surface area contributed by atoms with Crippen LogP contribution in [-0.4, -0.2) is 25.8 Å². The van der Waals surface area contributed by atoms with Gasteiger partial charge in [-0.2, -0.15) is 0 Å². The van der Waals surface area contributed by atoms with Crippen molar-refractivity contribution in [2.24, 2.45) is 5.14 Å². The summed E-state index contributed by atoms with van der Waals surface area (Å²) in [5.74, 6) is -0.0676. The van der Waals surface area contributed by atoms with E-state index in [4.69, 9.17) is 5.14 Å². The summed E-state index contributed by atoms with van der Waals surface area (Å²) in [5.41, 5.74) is 5.86. The highest BCUT2D eigenvalue weighted by Gasteiger charge is 2.29. The third-order valence-electron chi connectivity index (χ3n) is 6.14. The summed E-state index contributed by atoms with van der Waals surface area (Å²) in [5, 5.41) is 8.11. The molecule has 0 bridgehead atoms. The number of aryl methyl sites for hydroxylation is 2. The van der Waals surface area contributed by atoms with Gasteiger partial charge in [-0.1, -0.05) is 66.2 Å². The van der Waals surface area contributed by atoms with Crippen molar-refractivity contribution in [1.29, 1.82) is 0 Å². The van der Waals surface area contributed by atoms with Crippen LogP contribution in [0.1, 0.15) is 40.3 Å². The number of nitrogens with one attached hydrogen (secondary N) is 1. The lowest BCUT2D eigenvalue weighted by molar-refractivity contribution is -0.123. The molecule has 1 atom stereocenters. The van der Waals surface area contributed by atoms with E-state index in [9.17, 15) is 13.2 Å². The topological polar surface area (TPSA) is 92.5 Å². The second-order valence-corrected chi connectivity index (χ2v) is 10.2. The van der Waals surface area contributed by atoms with E-state index in [2.05, 4.69) is 65.7 Å². The number of carbonyl (C=O) groups excluding carboxylic acids is 1. The quantitative estimate of drug-likeness (QED) is 0.535. The number of hydrogen-bond donors (Lipinski definition) is 2. The number of carbonyl (C=O) groups is 1. The Morgan fingerprint density at radius 3 is 2.36 bits per heavy atom. The summed E-state index contributed by atoms with van der Waals surface area (Å²) in [6, 6.07) is 23.3. The Morgan fingerprint density at radius 1 is 1.00 bits per heavy atom. The van der Waals surface area contributed by atoms with E-state index in [1.807, 2.05) is 0 Å². The van der Waals surface area contributed by atoms with Crippen molar-refractivity contribution >= 4 is 15.9 Å². The SMILES string of the molecule is Cc1ccc(CN(CC(=O)NCc2ccc(S(N)(=O)=O)cc2)C2CCc3ccccc32)cc1. The standard InChI is InChI=1S/C26H29N3O3S/c1-19-6-8-21(9-7-19)17-29(25-15-12-22-4-2-3-5-24(22)25)18-26(30)28-16-20-10-13-23(14-11-20)33(27,31)32/h2-11,13-14,25H,12,15-18H2,1H3,(H,28,30)(H2,27,31,32). The van der Waals surface area contributed by atoms with Gasteiger partial charge < -0.3 is 5.32 Å². The average molecular weight is 464 g/mol. The number of hydrogen-bond acceptors (Lipinski definition) is 4. The third kappa shape index (κ3) is 5.87. The molecule has 6 nitrogen and oxygen atoms in total. The van der Waals surface area contributed by atoms with Crippen molar-refractivity contribution < 1.29 is 13.2 Å². The van der Waals surface area contributed by atoms with Crippen molar-refractivity contribution in [2.45, 2.75) is 43.8 Å². The van der Waals surface area contributed by atoms with Crippen LogP contribution in [0.4, 0.5) is 0 Å². The highest BCUT2D eigenvalue weighted by atomic mass is 32.2. The number of nitrogens with zero attached hydrogens (tertiary/aromatic N) is 1. The van der Waals surface area contributed by atoms with Crippen LogP contribution in [0.5, 0.6) is 0 Å². The molecule has 4 rings (SSSR count).